The van der Waals surface area contributed by atoms with Crippen LogP contribution in [0.25, 0.3) is 11.0 Å². The van der Waals surface area contributed by atoms with Crippen LogP contribution in [0.4, 0.5) is 0 Å². The van der Waals surface area contributed by atoms with E-state index in [4.69, 9.17) is 11.6 Å². The topological polar surface area (TPSA) is 30.7 Å². The van der Waals surface area contributed by atoms with Crippen molar-refractivity contribution in [2.45, 2.75) is 25.8 Å². The Morgan fingerprint density at radius 3 is 2.80 bits per heavy atom. The van der Waals surface area contributed by atoms with Gasteiger partial charge in [0.25, 0.3) is 0 Å². The molecule has 2 heterocycles. The van der Waals surface area contributed by atoms with E-state index in [9.17, 15) is 0 Å². The van der Waals surface area contributed by atoms with Crippen molar-refractivity contribution in [1.29, 1.82) is 0 Å². The fourth-order valence-corrected chi connectivity index (χ4v) is 2.72. The van der Waals surface area contributed by atoms with E-state index >= 15 is 0 Å². The summed E-state index contributed by atoms with van der Waals surface area (Å²) in [5, 5.41) is 0. The first-order valence-electron chi connectivity index (χ1n) is 6.65. The fraction of sp³-hybridized carbons (Fsp3) is 0.250. The molecule has 4 heteroatoms. The van der Waals surface area contributed by atoms with Gasteiger partial charge in [0.1, 0.15) is 5.82 Å². The summed E-state index contributed by atoms with van der Waals surface area (Å²) in [7, 11) is 0. The lowest BCUT2D eigenvalue weighted by atomic mass is 10.2. The van der Waals surface area contributed by atoms with Gasteiger partial charge in [-0.1, -0.05) is 12.1 Å². The first-order chi connectivity index (χ1) is 9.70. The van der Waals surface area contributed by atoms with Crippen LogP contribution in [-0.4, -0.2) is 14.5 Å². The second-order valence-corrected chi connectivity index (χ2v) is 5.22. The number of aryl methyl sites for hydroxylation is 1. The highest BCUT2D eigenvalue weighted by Gasteiger charge is 2.17. The number of fused-ring (bicyclic) bond motifs is 1. The Morgan fingerprint density at radius 1 is 1.25 bits per heavy atom. The van der Waals surface area contributed by atoms with Crippen LogP contribution in [0, 0.1) is 6.92 Å². The first-order valence-corrected chi connectivity index (χ1v) is 7.18. The summed E-state index contributed by atoms with van der Waals surface area (Å²) >= 11 is 6.07. The Kier molecular flexibility index (Phi) is 3.45. The highest BCUT2D eigenvalue weighted by Crippen LogP contribution is 2.26. The van der Waals surface area contributed by atoms with Gasteiger partial charge in [-0.3, -0.25) is 4.98 Å². The predicted octanol–water partition coefficient (Wildman–Crippen LogP) is 4.09. The zero-order valence-electron chi connectivity index (χ0n) is 11.5. The maximum atomic E-state index is 6.07. The van der Waals surface area contributed by atoms with Gasteiger partial charge in [0.2, 0.25) is 0 Å². The fourth-order valence-electron chi connectivity index (χ4n) is 2.53. The number of hydrogen-bond donors (Lipinski definition) is 0. The van der Waals surface area contributed by atoms with Gasteiger partial charge >= 0.3 is 0 Å². The quantitative estimate of drug-likeness (QED) is 0.679. The Balaban J connectivity index is 2.21. The van der Waals surface area contributed by atoms with Gasteiger partial charge in [0, 0.05) is 6.20 Å². The molecule has 0 aliphatic carbocycles. The highest BCUT2D eigenvalue weighted by molar-refractivity contribution is 6.16. The Morgan fingerprint density at radius 2 is 2.10 bits per heavy atom. The number of imidazole rings is 1. The average molecular weight is 286 g/mol. The Hall–Kier alpha value is -1.87. The van der Waals surface area contributed by atoms with Crippen molar-refractivity contribution >= 4 is 22.6 Å². The van der Waals surface area contributed by atoms with Gasteiger partial charge in [0.05, 0.1) is 28.6 Å². The second-order valence-electron chi connectivity index (χ2n) is 4.95. The van der Waals surface area contributed by atoms with Crippen LogP contribution in [0.3, 0.4) is 0 Å². The molecule has 0 radical (unpaired) electrons. The molecule has 0 N–H and O–H groups in total. The van der Waals surface area contributed by atoms with Crippen LogP contribution >= 0.6 is 11.6 Å². The number of nitrogens with zero attached hydrogens (tertiary/aromatic N) is 3. The van der Waals surface area contributed by atoms with Crippen LogP contribution < -0.4 is 0 Å². The molecular formula is C16H16ClN3. The van der Waals surface area contributed by atoms with Crippen LogP contribution in [-0.2, 0) is 5.88 Å². The molecule has 1 unspecified atom stereocenters. The van der Waals surface area contributed by atoms with Crippen molar-refractivity contribution in [3.05, 3.63) is 59.7 Å². The van der Waals surface area contributed by atoms with Crippen LogP contribution in [0.1, 0.15) is 30.0 Å². The molecule has 2 aromatic heterocycles. The lowest BCUT2D eigenvalue weighted by molar-refractivity contribution is 0.616. The van der Waals surface area contributed by atoms with E-state index in [-0.39, 0.29) is 6.04 Å². The average Bonchev–Trinajstić information content (AvgIpc) is 2.85. The third-order valence-corrected chi connectivity index (χ3v) is 3.78. The molecule has 0 saturated heterocycles. The number of benzene rings is 1. The molecule has 0 amide bonds. The van der Waals surface area contributed by atoms with Gasteiger partial charge in [-0.25, -0.2) is 4.98 Å². The van der Waals surface area contributed by atoms with Crippen molar-refractivity contribution in [3.63, 3.8) is 0 Å². The number of alkyl halides is 1. The number of halogens is 1. The molecule has 20 heavy (non-hydrogen) atoms. The zero-order chi connectivity index (χ0) is 14.1. The minimum absolute atomic E-state index is 0.108. The van der Waals surface area contributed by atoms with Gasteiger partial charge in [-0.05, 0) is 43.7 Å². The second kappa shape index (κ2) is 5.25. The molecule has 3 nitrogen and oxygen atoms in total. The Bertz CT molecular complexity index is 734. The highest BCUT2D eigenvalue weighted by atomic mass is 35.5. The molecule has 0 saturated carbocycles. The molecule has 0 aliphatic rings. The van der Waals surface area contributed by atoms with E-state index in [0.717, 1.165) is 22.6 Å². The summed E-state index contributed by atoms with van der Waals surface area (Å²) in [6.07, 6.45) is 1.82. The monoisotopic (exact) mass is 285 g/mol. The summed E-state index contributed by atoms with van der Waals surface area (Å²) in [5.74, 6) is 1.27. The van der Waals surface area contributed by atoms with E-state index in [0.29, 0.717) is 5.88 Å². The minimum Gasteiger partial charge on any atom is -0.318 e. The maximum absolute atomic E-state index is 6.07. The molecule has 1 aromatic carbocycles. The lowest BCUT2D eigenvalue weighted by Gasteiger charge is -2.16. The van der Waals surface area contributed by atoms with Crippen molar-refractivity contribution < 1.29 is 0 Å². The van der Waals surface area contributed by atoms with Crippen molar-refractivity contribution in [1.82, 2.24) is 14.5 Å². The van der Waals surface area contributed by atoms with Crippen LogP contribution in [0.5, 0.6) is 0 Å². The van der Waals surface area contributed by atoms with Crippen molar-refractivity contribution in [3.8, 4) is 0 Å². The number of rotatable bonds is 3. The third-order valence-electron chi connectivity index (χ3n) is 3.54. The molecule has 102 valence electrons. The number of hydrogen-bond acceptors (Lipinski definition) is 2. The van der Waals surface area contributed by atoms with E-state index in [2.05, 4.69) is 40.5 Å². The van der Waals surface area contributed by atoms with Crippen molar-refractivity contribution in [2.75, 3.05) is 0 Å². The summed E-state index contributed by atoms with van der Waals surface area (Å²) in [5.41, 5.74) is 4.32. The van der Waals surface area contributed by atoms with Gasteiger partial charge in [0.15, 0.2) is 0 Å². The largest absolute Gasteiger partial charge is 0.318 e. The molecule has 0 aliphatic heterocycles. The van der Waals surface area contributed by atoms with E-state index in [1.807, 2.05) is 30.5 Å². The zero-order valence-corrected chi connectivity index (χ0v) is 12.3. The number of aromatic nitrogens is 3. The van der Waals surface area contributed by atoms with Gasteiger partial charge in [-0.15, -0.1) is 11.6 Å². The van der Waals surface area contributed by atoms with Gasteiger partial charge < -0.3 is 4.57 Å². The normalized spacial score (nSPS) is 12.8. The molecule has 3 aromatic rings. The smallest absolute Gasteiger partial charge is 0.125 e. The van der Waals surface area contributed by atoms with Crippen LogP contribution in [0.15, 0.2) is 42.6 Å². The summed E-state index contributed by atoms with van der Waals surface area (Å²) in [6, 6.07) is 12.3. The van der Waals surface area contributed by atoms with E-state index < -0.39 is 0 Å². The molecule has 3 rings (SSSR count). The molecular weight excluding hydrogens is 270 g/mol. The number of pyridine rings is 1. The summed E-state index contributed by atoms with van der Waals surface area (Å²) in [6.45, 7) is 4.21. The third kappa shape index (κ3) is 2.18. The van der Waals surface area contributed by atoms with Crippen molar-refractivity contribution in [2.24, 2.45) is 0 Å². The maximum Gasteiger partial charge on any atom is 0.125 e. The van der Waals surface area contributed by atoms with E-state index in [1.54, 1.807) is 0 Å². The SMILES string of the molecule is Cc1ccc2nc(CCl)n(C(C)c3ccccn3)c2c1. The van der Waals surface area contributed by atoms with Crippen LogP contribution in [0.2, 0.25) is 0 Å². The summed E-state index contributed by atoms with van der Waals surface area (Å²) in [4.78, 5) is 9.07. The van der Waals surface area contributed by atoms with Gasteiger partial charge in [-0.2, -0.15) is 0 Å². The molecule has 0 fully saturated rings. The Labute approximate surface area is 123 Å². The lowest BCUT2D eigenvalue weighted by Crippen LogP contribution is -2.11. The molecule has 0 spiro atoms. The summed E-state index contributed by atoms with van der Waals surface area (Å²) < 4.78 is 2.18. The molecule has 1 atom stereocenters. The van der Waals surface area contributed by atoms with E-state index in [1.165, 1.54) is 5.56 Å². The first kappa shape index (κ1) is 13.1. The standard InChI is InChI=1S/C16H16ClN3/c1-11-6-7-14-15(9-11)20(16(10-17)19-14)12(2)13-5-3-4-8-18-13/h3-9,12H,10H2,1-2H3. The predicted molar refractivity (Wildman–Crippen MR) is 82.1 cm³/mol. The molecule has 0 bridgehead atoms. The minimum atomic E-state index is 0.108.